The summed E-state index contributed by atoms with van der Waals surface area (Å²) in [4.78, 5) is 16.6. The lowest BCUT2D eigenvalue weighted by Crippen LogP contribution is -2.72. The number of likely N-dealkylation sites (tertiary alicyclic amines) is 1. The average molecular weight is 238 g/mol. The lowest BCUT2D eigenvalue weighted by atomic mass is 9.70. The van der Waals surface area contributed by atoms with E-state index in [-0.39, 0.29) is 17.2 Å². The van der Waals surface area contributed by atoms with Gasteiger partial charge in [0.2, 0.25) is 0 Å². The molecular formula is C13H22N2O2. The zero-order valence-corrected chi connectivity index (χ0v) is 11.0. The third-order valence-corrected chi connectivity index (χ3v) is 4.47. The molecule has 0 saturated carbocycles. The summed E-state index contributed by atoms with van der Waals surface area (Å²) in [5.74, 6) is 0.716. The van der Waals surface area contributed by atoms with Crippen molar-refractivity contribution in [2.24, 2.45) is 5.92 Å². The topological polar surface area (TPSA) is 32.8 Å². The normalized spacial score (nSPS) is 39.6. The van der Waals surface area contributed by atoms with Crippen LogP contribution in [0.1, 0.15) is 33.6 Å². The van der Waals surface area contributed by atoms with Crippen molar-refractivity contribution in [1.29, 1.82) is 0 Å². The van der Waals surface area contributed by atoms with Gasteiger partial charge >= 0.3 is 6.09 Å². The molecule has 96 valence electrons. The Morgan fingerprint density at radius 3 is 2.82 bits per heavy atom. The molecule has 3 heterocycles. The average Bonchev–Trinajstić information content (AvgIpc) is 2.54. The predicted octanol–water partition coefficient (Wildman–Crippen LogP) is 1.70. The zero-order chi connectivity index (χ0) is 12.3. The molecule has 3 aliphatic rings. The number of amides is 1. The number of hydrogen-bond donors (Lipinski definition) is 0. The minimum Gasteiger partial charge on any atom is -0.444 e. The molecule has 17 heavy (non-hydrogen) atoms. The van der Waals surface area contributed by atoms with E-state index in [4.69, 9.17) is 4.74 Å². The minimum atomic E-state index is -0.383. The number of hydrogen-bond acceptors (Lipinski definition) is 3. The summed E-state index contributed by atoms with van der Waals surface area (Å²) < 4.78 is 5.50. The van der Waals surface area contributed by atoms with E-state index >= 15 is 0 Å². The van der Waals surface area contributed by atoms with Crippen LogP contribution < -0.4 is 0 Å². The maximum Gasteiger partial charge on any atom is 0.410 e. The van der Waals surface area contributed by atoms with Crippen LogP contribution in [0.3, 0.4) is 0 Å². The standard InChI is InChI=1S/C13H22N2O2/c1-12(2,3)17-11(16)15-8-10-4-6-14-7-5-13(10,15)9-14/h10H,4-9H2,1-3H3/t10?,13-/m0/s1. The molecule has 0 aromatic rings. The quantitative estimate of drug-likeness (QED) is 0.644. The lowest BCUT2D eigenvalue weighted by Gasteiger charge is -2.58. The Hall–Kier alpha value is -0.770. The molecule has 0 aromatic carbocycles. The highest BCUT2D eigenvalue weighted by Crippen LogP contribution is 2.49. The SMILES string of the molecule is CC(C)(C)OC(=O)N1CC2CCN3CC[C@]21C3. The largest absolute Gasteiger partial charge is 0.444 e. The first-order chi connectivity index (χ1) is 7.91. The van der Waals surface area contributed by atoms with Gasteiger partial charge in [0.15, 0.2) is 0 Å². The van der Waals surface area contributed by atoms with Crippen LogP contribution in [0.25, 0.3) is 0 Å². The molecule has 3 saturated heterocycles. The van der Waals surface area contributed by atoms with Gasteiger partial charge in [-0.3, -0.25) is 0 Å². The summed E-state index contributed by atoms with van der Waals surface area (Å²) in [6.07, 6.45) is 2.27. The Labute approximate surface area is 103 Å². The van der Waals surface area contributed by atoms with Crippen LogP contribution in [-0.4, -0.2) is 53.2 Å². The Morgan fingerprint density at radius 2 is 2.12 bits per heavy atom. The van der Waals surface area contributed by atoms with Crippen LogP contribution in [0.2, 0.25) is 0 Å². The molecule has 0 radical (unpaired) electrons. The van der Waals surface area contributed by atoms with Crippen LogP contribution in [0, 0.1) is 5.92 Å². The molecule has 2 unspecified atom stereocenters. The molecule has 3 atom stereocenters. The van der Waals surface area contributed by atoms with Crippen molar-refractivity contribution in [3.05, 3.63) is 0 Å². The van der Waals surface area contributed by atoms with Crippen LogP contribution in [0.4, 0.5) is 4.79 Å². The van der Waals surface area contributed by atoms with Crippen molar-refractivity contribution in [1.82, 2.24) is 9.80 Å². The van der Waals surface area contributed by atoms with E-state index in [9.17, 15) is 4.79 Å². The van der Waals surface area contributed by atoms with Crippen molar-refractivity contribution < 1.29 is 9.53 Å². The fourth-order valence-corrected chi connectivity index (χ4v) is 3.59. The molecule has 3 aliphatic heterocycles. The number of nitrogens with zero attached hydrogens (tertiary/aromatic N) is 2. The van der Waals surface area contributed by atoms with Gasteiger partial charge in [0.1, 0.15) is 5.60 Å². The van der Waals surface area contributed by atoms with E-state index in [1.54, 1.807) is 0 Å². The van der Waals surface area contributed by atoms with Gasteiger partial charge in [-0.15, -0.1) is 0 Å². The highest BCUT2D eigenvalue weighted by molar-refractivity contribution is 5.71. The molecule has 0 aromatic heterocycles. The number of piperidine rings is 1. The third kappa shape index (κ3) is 1.65. The molecule has 0 N–H and O–H groups in total. The number of ether oxygens (including phenoxy) is 1. The van der Waals surface area contributed by atoms with Gasteiger partial charge in [0.05, 0.1) is 5.54 Å². The van der Waals surface area contributed by atoms with E-state index in [2.05, 4.69) is 4.90 Å². The summed E-state index contributed by atoms with van der Waals surface area (Å²) in [5.41, 5.74) is -0.258. The summed E-state index contributed by atoms with van der Waals surface area (Å²) in [6.45, 7) is 10.1. The van der Waals surface area contributed by atoms with E-state index in [0.717, 1.165) is 26.1 Å². The molecule has 3 fully saturated rings. The second kappa shape index (κ2) is 3.37. The number of carbonyl (C=O) groups is 1. The summed E-state index contributed by atoms with van der Waals surface area (Å²) >= 11 is 0. The van der Waals surface area contributed by atoms with E-state index < -0.39 is 0 Å². The van der Waals surface area contributed by atoms with Crippen molar-refractivity contribution in [2.45, 2.75) is 44.8 Å². The Morgan fingerprint density at radius 1 is 1.35 bits per heavy atom. The molecule has 1 amide bonds. The van der Waals surface area contributed by atoms with E-state index in [1.165, 1.54) is 13.0 Å². The van der Waals surface area contributed by atoms with E-state index in [1.807, 2.05) is 25.7 Å². The Bertz CT molecular complexity index is 350. The first kappa shape index (κ1) is 11.3. The maximum absolute atomic E-state index is 12.2. The maximum atomic E-state index is 12.2. The zero-order valence-electron chi connectivity index (χ0n) is 11.0. The van der Waals surface area contributed by atoms with Gasteiger partial charge in [-0.25, -0.2) is 4.79 Å². The minimum absolute atomic E-state index is 0.113. The second-order valence-corrected chi connectivity index (χ2v) is 6.71. The van der Waals surface area contributed by atoms with Crippen molar-refractivity contribution >= 4 is 6.09 Å². The lowest BCUT2D eigenvalue weighted by molar-refractivity contribution is -0.0957. The smallest absolute Gasteiger partial charge is 0.410 e. The monoisotopic (exact) mass is 238 g/mol. The second-order valence-electron chi connectivity index (χ2n) is 6.71. The Kier molecular flexibility index (Phi) is 2.25. The molecule has 4 heteroatoms. The highest BCUT2D eigenvalue weighted by atomic mass is 16.6. The molecular weight excluding hydrogens is 216 g/mol. The van der Waals surface area contributed by atoms with Crippen LogP contribution in [0.15, 0.2) is 0 Å². The fourth-order valence-electron chi connectivity index (χ4n) is 3.59. The molecule has 0 aliphatic carbocycles. The van der Waals surface area contributed by atoms with Crippen LogP contribution >= 0.6 is 0 Å². The van der Waals surface area contributed by atoms with Gasteiger partial charge in [-0.05, 0) is 40.2 Å². The molecule has 1 spiro atoms. The predicted molar refractivity (Wildman–Crippen MR) is 64.8 cm³/mol. The molecule has 2 bridgehead atoms. The first-order valence-corrected chi connectivity index (χ1v) is 6.64. The number of rotatable bonds is 0. The van der Waals surface area contributed by atoms with Crippen LogP contribution in [0.5, 0.6) is 0 Å². The molecule has 4 nitrogen and oxygen atoms in total. The van der Waals surface area contributed by atoms with E-state index in [0.29, 0.717) is 5.92 Å². The third-order valence-electron chi connectivity index (χ3n) is 4.47. The Balaban J connectivity index is 1.72. The number of carbonyl (C=O) groups excluding carboxylic acids is 1. The van der Waals surface area contributed by atoms with Crippen molar-refractivity contribution in [2.75, 3.05) is 26.2 Å². The van der Waals surface area contributed by atoms with Crippen molar-refractivity contribution in [3.63, 3.8) is 0 Å². The van der Waals surface area contributed by atoms with Gasteiger partial charge in [-0.1, -0.05) is 0 Å². The summed E-state index contributed by atoms with van der Waals surface area (Å²) in [6, 6.07) is 0. The van der Waals surface area contributed by atoms with Crippen molar-refractivity contribution in [3.8, 4) is 0 Å². The van der Waals surface area contributed by atoms with Gasteiger partial charge in [-0.2, -0.15) is 0 Å². The first-order valence-electron chi connectivity index (χ1n) is 6.64. The van der Waals surface area contributed by atoms with Gasteiger partial charge in [0, 0.05) is 25.6 Å². The highest BCUT2D eigenvalue weighted by Gasteiger charge is 2.61. The fraction of sp³-hybridized carbons (Fsp3) is 0.923. The van der Waals surface area contributed by atoms with Crippen LogP contribution in [-0.2, 0) is 4.74 Å². The summed E-state index contributed by atoms with van der Waals surface area (Å²) in [7, 11) is 0. The summed E-state index contributed by atoms with van der Waals surface area (Å²) in [5, 5.41) is 0. The molecule has 3 rings (SSSR count). The van der Waals surface area contributed by atoms with Gasteiger partial charge < -0.3 is 14.5 Å². The number of fused-ring (bicyclic) bond motifs is 1. The van der Waals surface area contributed by atoms with Gasteiger partial charge in [0.25, 0.3) is 0 Å².